The molecule has 0 unspecified atom stereocenters. The molecule has 2 aromatic carbocycles. The monoisotopic (exact) mass is 386 g/mol. The van der Waals surface area contributed by atoms with Gasteiger partial charge in [0.2, 0.25) is 0 Å². The van der Waals surface area contributed by atoms with Gasteiger partial charge >= 0.3 is 5.97 Å². The minimum absolute atomic E-state index is 0.0738. The third-order valence-corrected chi connectivity index (χ3v) is 4.57. The Balaban J connectivity index is 1.66. The van der Waals surface area contributed by atoms with Crippen LogP contribution < -0.4 is 4.74 Å². The molecule has 27 heavy (non-hydrogen) atoms. The summed E-state index contributed by atoms with van der Waals surface area (Å²) in [6.45, 7) is 3.45. The second kappa shape index (κ2) is 7.72. The van der Waals surface area contributed by atoms with E-state index in [1.165, 1.54) is 41.1 Å². The smallest absolute Gasteiger partial charge is 0.333 e. The molecule has 0 radical (unpaired) electrons. The molecule has 0 amide bonds. The summed E-state index contributed by atoms with van der Waals surface area (Å²) in [6, 6.07) is 11.5. The Bertz CT molecular complexity index is 995. The predicted molar refractivity (Wildman–Crippen MR) is 98.6 cm³/mol. The van der Waals surface area contributed by atoms with Gasteiger partial charge in [-0.3, -0.25) is 9.48 Å². The van der Waals surface area contributed by atoms with Gasteiger partial charge in [0.15, 0.2) is 5.78 Å². The summed E-state index contributed by atoms with van der Waals surface area (Å²) < 4.78 is 19.7. The molecule has 1 aromatic heterocycles. The van der Waals surface area contributed by atoms with Gasteiger partial charge in [-0.25, -0.2) is 9.18 Å². The Hall–Kier alpha value is -2.99. The van der Waals surface area contributed by atoms with Gasteiger partial charge in [-0.15, -0.1) is 0 Å². The lowest BCUT2D eigenvalue weighted by Crippen LogP contribution is -2.18. The fraction of sp³-hybridized carbons (Fsp3) is 0.150. The van der Waals surface area contributed by atoms with Gasteiger partial charge in [0.1, 0.15) is 18.1 Å². The van der Waals surface area contributed by atoms with E-state index < -0.39 is 11.8 Å². The zero-order valence-corrected chi connectivity index (χ0v) is 15.5. The van der Waals surface area contributed by atoms with Gasteiger partial charge in [-0.05, 0) is 62.4 Å². The van der Waals surface area contributed by atoms with Crippen LogP contribution in [0.5, 0.6) is 5.75 Å². The van der Waals surface area contributed by atoms with E-state index >= 15 is 0 Å². The maximum absolute atomic E-state index is 13.0. The van der Waals surface area contributed by atoms with Crippen molar-refractivity contribution in [1.29, 1.82) is 0 Å². The number of esters is 1. The molecule has 0 aliphatic carbocycles. The van der Waals surface area contributed by atoms with Crippen LogP contribution in [0.1, 0.15) is 27.3 Å². The van der Waals surface area contributed by atoms with Crippen LogP contribution in [0.25, 0.3) is 0 Å². The molecule has 0 atom stereocenters. The zero-order valence-electron chi connectivity index (χ0n) is 14.7. The molecule has 0 N–H and O–H groups in total. The SMILES string of the molecule is Cc1nn(CC(=O)Oc2ccc(C(=O)c3ccc(F)cc3)cc2)c(C)c1Cl. The molecule has 0 aliphatic rings. The fourth-order valence-electron chi connectivity index (χ4n) is 2.56. The van der Waals surface area contributed by atoms with E-state index in [1.807, 2.05) is 0 Å². The lowest BCUT2D eigenvalue weighted by atomic mass is 10.0. The number of nitrogens with zero attached hydrogens (tertiary/aromatic N) is 2. The number of halogens is 2. The maximum Gasteiger partial charge on any atom is 0.333 e. The summed E-state index contributed by atoms with van der Waals surface area (Å²) >= 11 is 6.06. The van der Waals surface area contributed by atoms with Crippen LogP contribution in [0.15, 0.2) is 48.5 Å². The van der Waals surface area contributed by atoms with E-state index in [1.54, 1.807) is 26.0 Å². The van der Waals surface area contributed by atoms with Crippen LogP contribution in [0.2, 0.25) is 5.02 Å². The third kappa shape index (κ3) is 4.23. The van der Waals surface area contributed by atoms with Gasteiger partial charge in [0.05, 0.1) is 16.4 Å². The van der Waals surface area contributed by atoms with E-state index in [-0.39, 0.29) is 12.3 Å². The van der Waals surface area contributed by atoms with E-state index in [0.717, 1.165) is 0 Å². The number of hydrogen-bond donors (Lipinski definition) is 0. The summed E-state index contributed by atoms with van der Waals surface area (Å²) in [4.78, 5) is 24.4. The van der Waals surface area contributed by atoms with Crippen LogP contribution >= 0.6 is 11.6 Å². The Morgan fingerprint density at radius 3 is 2.11 bits per heavy atom. The lowest BCUT2D eigenvalue weighted by molar-refractivity contribution is -0.135. The molecule has 0 spiro atoms. The summed E-state index contributed by atoms with van der Waals surface area (Å²) in [7, 11) is 0. The maximum atomic E-state index is 13.0. The summed E-state index contributed by atoms with van der Waals surface area (Å²) in [5.74, 6) is -0.846. The van der Waals surface area contributed by atoms with E-state index in [0.29, 0.717) is 33.3 Å². The highest BCUT2D eigenvalue weighted by Gasteiger charge is 2.14. The molecule has 0 fully saturated rings. The van der Waals surface area contributed by atoms with Gasteiger partial charge in [0.25, 0.3) is 0 Å². The molecule has 7 heteroatoms. The number of carbonyl (C=O) groups is 2. The molecule has 138 valence electrons. The summed E-state index contributed by atoms with van der Waals surface area (Å²) in [5, 5.41) is 4.70. The number of hydrogen-bond acceptors (Lipinski definition) is 4. The van der Waals surface area contributed by atoms with Crippen LogP contribution in [0, 0.1) is 19.7 Å². The minimum atomic E-state index is -0.505. The van der Waals surface area contributed by atoms with Crippen molar-refractivity contribution in [2.75, 3.05) is 0 Å². The van der Waals surface area contributed by atoms with Crippen LogP contribution in [-0.4, -0.2) is 21.5 Å². The van der Waals surface area contributed by atoms with Crippen molar-refractivity contribution >= 4 is 23.4 Å². The highest BCUT2D eigenvalue weighted by Crippen LogP contribution is 2.20. The molecule has 0 bridgehead atoms. The van der Waals surface area contributed by atoms with Crippen molar-refractivity contribution in [3.05, 3.63) is 81.9 Å². The topological polar surface area (TPSA) is 61.2 Å². The Morgan fingerprint density at radius 1 is 1.04 bits per heavy atom. The van der Waals surface area contributed by atoms with Crippen LogP contribution in [-0.2, 0) is 11.3 Å². The normalized spacial score (nSPS) is 10.7. The Labute approximate surface area is 160 Å². The van der Waals surface area contributed by atoms with Gasteiger partial charge in [-0.1, -0.05) is 11.6 Å². The zero-order chi connectivity index (χ0) is 19.6. The Kier molecular flexibility index (Phi) is 5.37. The molecule has 5 nitrogen and oxygen atoms in total. The summed E-state index contributed by atoms with van der Waals surface area (Å²) in [5.41, 5.74) is 2.12. The second-order valence-corrected chi connectivity index (χ2v) is 6.35. The first-order valence-electron chi connectivity index (χ1n) is 8.15. The molecule has 0 saturated heterocycles. The minimum Gasteiger partial charge on any atom is -0.425 e. The first-order valence-corrected chi connectivity index (χ1v) is 8.53. The van der Waals surface area contributed by atoms with E-state index in [2.05, 4.69) is 5.10 Å². The molecule has 0 saturated carbocycles. The van der Waals surface area contributed by atoms with Gasteiger partial charge in [-0.2, -0.15) is 5.10 Å². The van der Waals surface area contributed by atoms with Crippen molar-refractivity contribution < 1.29 is 18.7 Å². The average Bonchev–Trinajstić information content (AvgIpc) is 2.89. The number of ketones is 1. The second-order valence-electron chi connectivity index (χ2n) is 5.98. The molecule has 1 heterocycles. The Morgan fingerprint density at radius 2 is 1.59 bits per heavy atom. The fourth-order valence-corrected chi connectivity index (χ4v) is 2.69. The number of ether oxygens (including phenoxy) is 1. The molecule has 3 aromatic rings. The van der Waals surface area contributed by atoms with Crippen molar-refractivity contribution in [2.24, 2.45) is 0 Å². The van der Waals surface area contributed by atoms with Crippen molar-refractivity contribution in [1.82, 2.24) is 9.78 Å². The first-order chi connectivity index (χ1) is 12.8. The number of aryl methyl sites for hydroxylation is 1. The molecule has 3 rings (SSSR count). The van der Waals surface area contributed by atoms with Crippen molar-refractivity contribution in [3.63, 3.8) is 0 Å². The third-order valence-electron chi connectivity index (χ3n) is 4.03. The number of rotatable bonds is 5. The van der Waals surface area contributed by atoms with E-state index in [9.17, 15) is 14.0 Å². The van der Waals surface area contributed by atoms with E-state index in [4.69, 9.17) is 16.3 Å². The van der Waals surface area contributed by atoms with Gasteiger partial charge in [0, 0.05) is 11.1 Å². The van der Waals surface area contributed by atoms with Crippen molar-refractivity contribution in [2.45, 2.75) is 20.4 Å². The predicted octanol–water partition coefficient (Wildman–Crippen LogP) is 4.13. The molecular weight excluding hydrogens is 371 g/mol. The molecular formula is C20H16ClFN2O3. The highest BCUT2D eigenvalue weighted by atomic mass is 35.5. The standard InChI is InChI=1S/C20H16ClFN2O3/c1-12-19(21)13(2)24(23-12)11-18(25)27-17-9-5-15(6-10-17)20(26)14-3-7-16(22)8-4-14/h3-10H,11H2,1-2H3. The summed E-state index contributed by atoms with van der Waals surface area (Å²) in [6.07, 6.45) is 0. The highest BCUT2D eigenvalue weighted by molar-refractivity contribution is 6.31. The molecule has 0 aliphatic heterocycles. The number of benzene rings is 2. The van der Waals surface area contributed by atoms with Crippen LogP contribution in [0.3, 0.4) is 0 Å². The quantitative estimate of drug-likeness (QED) is 0.376. The number of carbonyl (C=O) groups excluding carboxylic acids is 2. The van der Waals surface area contributed by atoms with Crippen LogP contribution in [0.4, 0.5) is 4.39 Å². The van der Waals surface area contributed by atoms with Gasteiger partial charge < -0.3 is 4.74 Å². The lowest BCUT2D eigenvalue weighted by Gasteiger charge is -2.07. The largest absolute Gasteiger partial charge is 0.425 e. The number of aromatic nitrogens is 2. The average molecular weight is 387 g/mol. The van der Waals surface area contributed by atoms with Crippen molar-refractivity contribution in [3.8, 4) is 5.75 Å². The first kappa shape index (κ1) is 18.8.